The van der Waals surface area contributed by atoms with E-state index in [4.69, 9.17) is 4.74 Å². The molecule has 1 aromatic heterocycles. The third kappa shape index (κ3) is 4.37. The van der Waals surface area contributed by atoms with Gasteiger partial charge in [0.05, 0.1) is 5.56 Å². The highest BCUT2D eigenvalue weighted by Gasteiger charge is 2.25. The molecule has 0 unspecified atom stereocenters. The number of nitrogens with zero attached hydrogens (tertiary/aromatic N) is 4. The molecule has 1 saturated heterocycles. The molecule has 2 aromatic carbocycles. The first-order chi connectivity index (χ1) is 14.5. The summed E-state index contributed by atoms with van der Waals surface area (Å²) in [5.41, 5.74) is -0.124. The number of hydrogen-bond acceptors (Lipinski definition) is 5. The molecule has 0 bridgehead atoms. The van der Waals surface area contributed by atoms with Crippen LogP contribution < -0.4 is 9.64 Å². The number of rotatable bonds is 4. The number of anilines is 1. The van der Waals surface area contributed by atoms with Crippen LogP contribution in [0.3, 0.4) is 0 Å². The van der Waals surface area contributed by atoms with E-state index in [9.17, 15) is 13.6 Å². The van der Waals surface area contributed by atoms with Crippen molar-refractivity contribution in [1.29, 1.82) is 0 Å². The number of aromatic nitrogens is 2. The molecule has 6 nitrogen and oxygen atoms in total. The Morgan fingerprint density at radius 1 is 0.967 bits per heavy atom. The van der Waals surface area contributed by atoms with Gasteiger partial charge in [0.2, 0.25) is 5.88 Å². The Labute approximate surface area is 172 Å². The van der Waals surface area contributed by atoms with Crippen molar-refractivity contribution < 1.29 is 18.3 Å². The second-order valence-electron chi connectivity index (χ2n) is 6.93. The average Bonchev–Trinajstić information content (AvgIpc) is 2.74. The van der Waals surface area contributed by atoms with E-state index < -0.39 is 17.5 Å². The summed E-state index contributed by atoms with van der Waals surface area (Å²) in [7, 11) is 0. The van der Waals surface area contributed by atoms with Crippen LogP contribution in [-0.4, -0.2) is 47.0 Å². The maximum atomic E-state index is 13.9. The highest BCUT2D eigenvalue weighted by atomic mass is 19.1. The van der Waals surface area contributed by atoms with Gasteiger partial charge in [0.1, 0.15) is 29.0 Å². The molecule has 0 aliphatic carbocycles. The first-order valence-electron chi connectivity index (χ1n) is 9.57. The van der Waals surface area contributed by atoms with Crippen molar-refractivity contribution in [2.75, 3.05) is 31.1 Å². The van der Waals surface area contributed by atoms with Crippen molar-refractivity contribution in [3.63, 3.8) is 0 Å². The molecule has 0 N–H and O–H groups in total. The zero-order valence-electron chi connectivity index (χ0n) is 16.4. The van der Waals surface area contributed by atoms with E-state index in [2.05, 4.69) is 9.97 Å². The average molecular weight is 410 g/mol. The summed E-state index contributed by atoms with van der Waals surface area (Å²) in [5.74, 6) is 0.393. The number of amides is 1. The van der Waals surface area contributed by atoms with Crippen LogP contribution in [-0.2, 0) is 0 Å². The molecule has 2 heterocycles. The Kier molecular flexibility index (Phi) is 5.56. The first kappa shape index (κ1) is 19.8. The fourth-order valence-electron chi connectivity index (χ4n) is 3.32. The molecule has 1 amide bonds. The number of benzene rings is 2. The van der Waals surface area contributed by atoms with Gasteiger partial charge < -0.3 is 14.5 Å². The molecule has 3 aromatic rings. The largest absolute Gasteiger partial charge is 0.439 e. The van der Waals surface area contributed by atoms with Gasteiger partial charge in [-0.2, -0.15) is 4.98 Å². The van der Waals surface area contributed by atoms with Crippen molar-refractivity contribution in [2.45, 2.75) is 6.92 Å². The van der Waals surface area contributed by atoms with E-state index in [1.54, 1.807) is 17.9 Å². The number of ether oxygens (including phenoxy) is 1. The Morgan fingerprint density at radius 2 is 1.70 bits per heavy atom. The molecule has 0 spiro atoms. The second kappa shape index (κ2) is 8.44. The third-order valence-electron chi connectivity index (χ3n) is 4.82. The smallest absolute Gasteiger partial charge is 0.256 e. The van der Waals surface area contributed by atoms with Crippen LogP contribution in [0, 0.1) is 18.6 Å². The van der Waals surface area contributed by atoms with Crippen LogP contribution >= 0.6 is 0 Å². The number of para-hydroxylation sites is 1. The Bertz CT molecular complexity index is 1050. The van der Waals surface area contributed by atoms with E-state index in [-0.39, 0.29) is 5.56 Å². The van der Waals surface area contributed by atoms with E-state index in [0.29, 0.717) is 49.5 Å². The van der Waals surface area contributed by atoms with E-state index in [0.717, 1.165) is 12.1 Å². The van der Waals surface area contributed by atoms with Crippen LogP contribution in [0.1, 0.15) is 16.2 Å². The lowest BCUT2D eigenvalue weighted by molar-refractivity contribution is 0.0741. The number of carbonyl (C=O) groups is 1. The summed E-state index contributed by atoms with van der Waals surface area (Å²) in [4.78, 5) is 25.0. The minimum Gasteiger partial charge on any atom is -0.439 e. The molecule has 8 heteroatoms. The zero-order valence-corrected chi connectivity index (χ0v) is 16.4. The van der Waals surface area contributed by atoms with Crippen molar-refractivity contribution in [2.24, 2.45) is 0 Å². The third-order valence-corrected chi connectivity index (χ3v) is 4.82. The van der Waals surface area contributed by atoms with Crippen LogP contribution in [0.15, 0.2) is 54.6 Å². The second-order valence-corrected chi connectivity index (χ2v) is 6.93. The minimum atomic E-state index is -0.850. The molecule has 30 heavy (non-hydrogen) atoms. The van der Waals surface area contributed by atoms with E-state index >= 15 is 0 Å². The lowest BCUT2D eigenvalue weighted by atomic mass is 10.1. The summed E-state index contributed by atoms with van der Waals surface area (Å²) in [6.07, 6.45) is 0. The van der Waals surface area contributed by atoms with Gasteiger partial charge in [-0.05, 0) is 31.2 Å². The maximum Gasteiger partial charge on any atom is 0.256 e. The number of halogens is 2. The molecule has 0 saturated carbocycles. The minimum absolute atomic E-state index is 0.124. The summed E-state index contributed by atoms with van der Waals surface area (Å²) < 4.78 is 32.9. The van der Waals surface area contributed by atoms with Gasteiger partial charge in [-0.1, -0.05) is 18.2 Å². The predicted octanol–water partition coefficient (Wildman–Crippen LogP) is 3.82. The van der Waals surface area contributed by atoms with Crippen molar-refractivity contribution >= 4 is 11.7 Å². The van der Waals surface area contributed by atoms with Crippen LogP contribution in [0.2, 0.25) is 0 Å². The van der Waals surface area contributed by atoms with Gasteiger partial charge in [0.15, 0.2) is 0 Å². The molecule has 1 aliphatic heterocycles. The van der Waals surface area contributed by atoms with E-state index in [1.165, 1.54) is 6.07 Å². The van der Waals surface area contributed by atoms with Crippen molar-refractivity contribution in [3.8, 4) is 11.6 Å². The summed E-state index contributed by atoms with van der Waals surface area (Å²) in [6.45, 7) is 3.63. The maximum absolute atomic E-state index is 13.9. The quantitative estimate of drug-likeness (QED) is 0.655. The molecule has 1 aliphatic rings. The van der Waals surface area contributed by atoms with Crippen LogP contribution in [0.5, 0.6) is 11.6 Å². The standard InChI is InChI=1S/C22H20F2N4O2/c1-15-25-20(14-21(26-15)30-17-5-3-2-4-6-17)27-9-11-28(12-10-27)22(29)18-8-7-16(23)13-19(18)24/h2-8,13-14H,9-12H2,1H3. The number of aryl methyl sites for hydroxylation is 1. The fourth-order valence-corrected chi connectivity index (χ4v) is 3.32. The number of carbonyl (C=O) groups excluding carboxylic acids is 1. The fraction of sp³-hybridized carbons (Fsp3) is 0.227. The molecular weight excluding hydrogens is 390 g/mol. The van der Waals surface area contributed by atoms with Crippen molar-refractivity contribution in [1.82, 2.24) is 14.9 Å². The molecule has 0 radical (unpaired) electrons. The molecule has 1 fully saturated rings. The molecule has 4 rings (SSSR count). The molecular formula is C22H20F2N4O2. The Balaban J connectivity index is 1.44. The SMILES string of the molecule is Cc1nc(Oc2ccccc2)cc(N2CCN(C(=O)c3ccc(F)cc3F)CC2)n1. The Hall–Kier alpha value is -3.55. The highest BCUT2D eigenvalue weighted by Crippen LogP contribution is 2.24. The Morgan fingerprint density at radius 3 is 2.40 bits per heavy atom. The summed E-state index contributed by atoms with van der Waals surface area (Å²) in [6, 6.07) is 14.1. The van der Waals surface area contributed by atoms with E-state index in [1.807, 2.05) is 35.2 Å². The van der Waals surface area contributed by atoms with Crippen LogP contribution in [0.25, 0.3) is 0 Å². The summed E-state index contributed by atoms with van der Waals surface area (Å²) >= 11 is 0. The lowest BCUT2D eigenvalue weighted by Gasteiger charge is -2.35. The van der Waals surface area contributed by atoms with Gasteiger partial charge >= 0.3 is 0 Å². The van der Waals surface area contributed by atoms with Crippen LogP contribution in [0.4, 0.5) is 14.6 Å². The number of hydrogen-bond donors (Lipinski definition) is 0. The predicted molar refractivity (Wildman–Crippen MR) is 108 cm³/mol. The van der Waals surface area contributed by atoms with Gasteiger partial charge in [0, 0.05) is 38.3 Å². The number of piperazine rings is 1. The normalized spacial score (nSPS) is 14.0. The first-order valence-corrected chi connectivity index (χ1v) is 9.57. The van der Waals surface area contributed by atoms with Gasteiger partial charge in [-0.3, -0.25) is 4.79 Å². The van der Waals surface area contributed by atoms with Gasteiger partial charge in [0.25, 0.3) is 5.91 Å². The molecule has 154 valence electrons. The summed E-state index contributed by atoms with van der Waals surface area (Å²) in [5, 5.41) is 0. The zero-order chi connectivity index (χ0) is 21.1. The monoisotopic (exact) mass is 410 g/mol. The lowest BCUT2D eigenvalue weighted by Crippen LogP contribution is -2.49. The highest BCUT2D eigenvalue weighted by molar-refractivity contribution is 5.94. The topological polar surface area (TPSA) is 58.6 Å². The van der Waals surface area contributed by atoms with Gasteiger partial charge in [-0.25, -0.2) is 13.8 Å². The van der Waals surface area contributed by atoms with Gasteiger partial charge in [-0.15, -0.1) is 0 Å². The van der Waals surface area contributed by atoms with Crippen molar-refractivity contribution in [3.05, 3.63) is 77.6 Å². The molecule has 0 atom stereocenters.